The first-order valence-corrected chi connectivity index (χ1v) is 10.1. The quantitative estimate of drug-likeness (QED) is 0.848. The van der Waals surface area contributed by atoms with Crippen molar-refractivity contribution in [3.05, 3.63) is 65.2 Å². The van der Waals surface area contributed by atoms with Crippen molar-refractivity contribution in [1.29, 1.82) is 0 Å². The first-order chi connectivity index (χ1) is 12.9. The highest BCUT2D eigenvalue weighted by molar-refractivity contribution is 7.89. The van der Waals surface area contributed by atoms with E-state index in [2.05, 4.69) is 5.32 Å². The van der Waals surface area contributed by atoms with Crippen LogP contribution in [0.3, 0.4) is 0 Å². The molecule has 1 aliphatic rings. The molecular weight excluding hydrogens is 374 g/mol. The van der Waals surface area contributed by atoms with Crippen LogP contribution in [0.2, 0.25) is 0 Å². The molecule has 0 bridgehead atoms. The van der Waals surface area contributed by atoms with Crippen molar-refractivity contribution in [2.24, 2.45) is 0 Å². The zero-order valence-corrected chi connectivity index (χ0v) is 15.4. The molecule has 0 unspecified atom stereocenters. The minimum atomic E-state index is -3.57. The molecule has 27 heavy (non-hydrogen) atoms. The summed E-state index contributed by atoms with van der Waals surface area (Å²) in [5.41, 5.74) is 0.303. The highest BCUT2D eigenvalue weighted by Gasteiger charge is 2.26. The number of amides is 1. The summed E-state index contributed by atoms with van der Waals surface area (Å²) in [7, 11) is -3.57. The topological polar surface area (TPSA) is 66.5 Å². The van der Waals surface area contributed by atoms with Gasteiger partial charge in [0.1, 0.15) is 11.6 Å². The fourth-order valence-electron chi connectivity index (χ4n) is 3.02. The Morgan fingerprint density at radius 3 is 2.48 bits per heavy atom. The molecular formula is C19H20F2N2O3S. The van der Waals surface area contributed by atoms with E-state index in [-0.39, 0.29) is 17.0 Å². The molecule has 1 heterocycles. The van der Waals surface area contributed by atoms with Crippen LogP contribution in [0.4, 0.5) is 8.78 Å². The third kappa shape index (κ3) is 4.51. The molecule has 1 saturated heterocycles. The van der Waals surface area contributed by atoms with Crippen molar-refractivity contribution in [1.82, 2.24) is 9.62 Å². The van der Waals surface area contributed by atoms with E-state index in [9.17, 15) is 22.0 Å². The largest absolute Gasteiger partial charge is 0.348 e. The molecule has 0 aromatic heterocycles. The van der Waals surface area contributed by atoms with Gasteiger partial charge in [-0.25, -0.2) is 17.2 Å². The first-order valence-electron chi connectivity index (χ1n) is 8.70. The lowest BCUT2D eigenvalue weighted by Crippen LogP contribution is -2.35. The van der Waals surface area contributed by atoms with Crippen molar-refractivity contribution >= 4 is 15.9 Å². The Labute approximate surface area is 157 Å². The maximum Gasteiger partial charge on any atom is 0.254 e. The fourth-order valence-corrected chi connectivity index (χ4v) is 4.61. The van der Waals surface area contributed by atoms with Gasteiger partial charge >= 0.3 is 0 Å². The monoisotopic (exact) mass is 394 g/mol. The van der Waals surface area contributed by atoms with Crippen LogP contribution in [0.1, 0.15) is 35.2 Å². The van der Waals surface area contributed by atoms with Gasteiger partial charge in [0.05, 0.1) is 10.5 Å². The second-order valence-corrected chi connectivity index (χ2v) is 8.36. The van der Waals surface area contributed by atoms with Crippen LogP contribution in [0, 0.1) is 11.6 Å². The zero-order chi connectivity index (χ0) is 19.4. The number of rotatable bonds is 5. The van der Waals surface area contributed by atoms with Crippen molar-refractivity contribution in [3.8, 4) is 0 Å². The van der Waals surface area contributed by atoms with Crippen molar-refractivity contribution < 1.29 is 22.0 Å². The van der Waals surface area contributed by atoms with Gasteiger partial charge in [0, 0.05) is 25.7 Å². The average molecular weight is 394 g/mol. The predicted octanol–water partition coefficient (Wildman–Crippen LogP) is 3.07. The molecule has 1 amide bonds. The fraction of sp³-hybridized carbons (Fsp3) is 0.316. The van der Waals surface area contributed by atoms with Gasteiger partial charge in [0.15, 0.2) is 0 Å². The molecule has 0 aliphatic carbocycles. The van der Waals surface area contributed by atoms with Crippen molar-refractivity contribution in [3.63, 3.8) is 0 Å². The normalized spacial score (nSPS) is 15.5. The zero-order valence-electron chi connectivity index (χ0n) is 14.6. The number of hydrogen-bond acceptors (Lipinski definition) is 3. The molecule has 5 nitrogen and oxygen atoms in total. The van der Waals surface area contributed by atoms with E-state index in [4.69, 9.17) is 0 Å². The molecule has 3 rings (SSSR count). The highest BCUT2D eigenvalue weighted by atomic mass is 32.2. The Bertz CT molecular complexity index is 942. The van der Waals surface area contributed by atoms with Gasteiger partial charge in [-0.15, -0.1) is 0 Å². The lowest BCUT2D eigenvalue weighted by molar-refractivity contribution is 0.0946. The van der Waals surface area contributed by atoms with E-state index < -0.39 is 27.6 Å². The Balaban J connectivity index is 1.71. The van der Waals surface area contributed by atoms with Gasteiger partial charge < -0.3 is 5.32 Å². The maximum atomic E-state index is 13.7. The Hall–Kier alpha value is -2.32. The summed E-state index contributed by atoms with van der Waals surface area (Å²) >= 11 is 0. The lowest BCUT2D eigenvalue weighted by atomic mass is 10.1. The number of nitrogens with zero attached hydrogens (tertiary/aromatic N) is 1. The number of hydrogen-bond donors (Lipinski definition) is 1. The Morgan fingerprint density at radius 2 is 1.78 bits per heavy atom. The standard InChI is InChI=1S/C19H20F2N2O3S/c20-15-7-8-17(18(21)12-15)19(24)22-13-14-5-4-6-16(11-14)27(25,26)23-9-2-1-3-10-23/h4-8,11-12H,1-3,9-10,13H2,(H,22,24). The van der Waals surface area contributed by atoms with Crippen LogP contribution in [0.25, 0.3) is 0 Å². The third-order valence-electron chi connectivity index (χ3n) is 4.48. The first kappa shape index (κ1) is 19.4. The van der Waals surface area contributed by atoms with Gasteiger partial charge in [-0.1, -0.05) is 18.6 Å². The number of halogens is 2. The number of nitrogens with one attached hydrogen (secondary N) is 1. The molecule has 2 aromatic carbocycles. The molecule has 0 atom stereocenters. The summed E-state index contributed by atoms with van der Waals surface area (Å²) in [4.78, 5) is 12.2. The summed E-state index contributed by atoms with van der Waals surface area (Å²) in [6.45, 7) is 1.04. The van der Waals surface area contributed by atoms with Crippen molar-refractivity contribution in [2.45, 2.75) is 30.7 Å². The van der Waals surface area contributed by atoms with Gasteiger partial charge in [-0.2, -0.15) is 4.31 Å². The Kier molecular flexibility index (Phi) is 5.86. The van der Waals surface area contributed by atoms with Gasteiger partial charge in [0.2, 0.25) is 10.0 Å². The highest BCUT2D eigenvalue weighted by Crippen LogP contribution is 2.21. The molecule has 1 N–H and O–H groups in total. The van der Waals surface area contributed by atoms with Crippen LogP contribution in [-0.4, -0.2) is 31.7 Å². The minimum Gasteiger partial charge on any atom is -0.348 e. The minimum absolute atomic E-state index is 0.0268. The Morgan fingerprint density at radius 1 is 1.04 bits per heavy atom. The number of carbonyl (C=O) groups is 1. The number of piperidine rings is 1. The molecule has 2 aromatic rings. The molecule has 8 heteroatoms. The summed E-state index contributed by atoms with van der Waals surface area (Å²) in [5, 5.41) is 2.52. The molecule has 0 radical (unpaired) electrons. The summed E-state index contributed by atoms with van der Waals surface area (Å²) in [6, 6.07) is 9.02. The molecule has 0 spiro atoms. The lowest BCUT2D eigenvalue weighted by Gasteiger charge is -2.26. The molecule has 0 saturated carbocycles. The maximum absolute atomic E-state index is 13.7. The van der Waals surface area contributed by atoms with Crippen molar-refractivity contribution in [2.75, 3.05) is 13.1 Å². The van der Waals surface area contributed by atoms with E-state index >= 15 is 0 Å². The van der Waals surface area contributed by atoms with Crippen LogP contribution in [0.5, 0.6) is 0 Å². The number of carbonyl (C=O) groups excluding carboxylic acids is 1. The smallest absolute Gasteiger partial charge is 0.254 e. The van der Waals surface area contributed by atoms with Crippen LogP contribution in [-0.2, 0) is 16.6 Å². The van der Waals surface area contributed by atoms with E-state index in [0.717, 1.165) is 31.4 Å². The van der Waals surface area contributed by atoms with E-state index in [0.29, 0.717) is 24.7 Å². The summed E-state index contributed by atoms with van der Waals surface area (Å²) in [5.74, 6) is -2.41. The molecule has 1 fully saturated rings. The van der Waals surface area contributed by atoms with Gasteiger partial charge in [-0.05, 0) is 42.7 Å². The molecule has 144 valence electrons. The van der Waals surface area contributed by atoms with Gasteiger partial charge in [-0.3, -0.25) is 4.79 Å². The predicted molar refractivity (Wildman–Crippen MR) is 96.6 cm³/mol. The second-order valence-electron chi connectivity index (χ2n) is 6.42. The van der Waals surface area contributed by atoms with Crippen LogP contribution in [0.15, 0.2) is 47.4 Å². The average Bonchev–Trinajstić information content (AvgIpc) is 2.67. The number of benzene rings is 2. The SMILES string of the molecule is O=C(NCc1cccc(S(=O)(=O)N2CCCCC2)c1)c1ccc(F)cc1F. The summed E-state index contributed by atoms with van der Waals surface area (Å²) < 4.78 is 53.5. The van der Waals surface area contributed by atoms with Gasteiger partial charge in [0.25, 0.3) is 5.91 Å². The van der Waals surface area contributed by atoms with E-state index in [1.165, 1.54) is 16.4 Å². The molecule has 1 aliphatic heterocycles. The van der Waals surface area contributed by atoms with E-state index in [1.807, 2.05) is 0 Å². The van der Waals surface area contributed by atoms with Crippen LogP contribution < -0.4 is 5.32 Å². The second kappa shape index (κ2) is 8.14. The number of sulfonamides is 1. The van der Waals surface area contributed by atoms with Crippen LogP contribution >= 0.6 is 0 Å². The van der Waals surface area contributed by atoms with E-state index in [1.54, 1.807) is 12.1 Å². The summed E-state index contributed by atoms with van der Waals surface area (Å²) in [6.07, 6.45) is 2.72. The third-order valence-corrected chi connectivity index (χ3v) is 6.37.